The Bertz CT molecular complexity index is 1210. The lowest BCUT2D eigenvalue weighted by molar-refractivity contribution is 0.0365. The molecule has 0 spiro atoms. The molecule has 2 aliphatic heterocycles. The first-order valence-corrected chi connectivity index (χ1v) is 12.1. The summed E-state index contributed by atoms with van der Waals surface area (Å²) in [5.74, 6) is 2.23. The molecule has 1 saturated heterocycles. The van der Waals surface area contributed by atoms with Crippen molar-refractivity contribution in [1.29, 1.82) is 0 Å². The Labute approximate surface area is 199 Å². The fourth-order valence-corrected chi connectivity index (χ4v) is 4.76. The molecule has 2 aliphatic rings. The number of hydrogen-bond acceptors (Lipinski definition) is 6. The van der Waals surface area contributed by atoms with E-state index in [2.05, 4.69) is 22.5 Å². The third kappa shape index (κ3) is 4.38. The minimum atomic E-state index is -0.0251. The Morgan fingerprint density at radius 2 is 1.85 bits per heavy atom. The van der Waals surface area contributed by atoms with Gasteiger partial charge in [0.25, 0.3) is 0 Å². The highest BCUT2D eigenvalue weighted by molar-refractivity contribution is 5.95. The van der Waals surface area contributed by atoms with Gasteiger partial charge in [0.1, 0.15) is 17.2 Å². The van der Waals surface area contributed by atoms with Crippen LogP contribution in [0.15, 0.2) is 41.3 Å². The van der Waals surface area contributed by atoms with Crippen LogP contribution >= 0.6 is 0 Å². The highest BCUT2D eigenvalue weighted by atomic mass is 16.5. The van der Waals surface area contributed by atoms with Crippen LogP contribution in [0.5, 0.6) is 17.2 Å². The van der Waals surface area contributed by atoms with Crippen molar-refractivity contribution in [2.75, 3.05) is 53.2 Å². The van der Waals surface area contributed by atoms with E-state index < -0.39 is 0 Å². The van der Waals surface area contributed by atoms with Crippen LogP contribution in [0.1, 0.15) is 18.9 Å². The van der Waals surface area contributed by atoms with Gasteiger partial charge in [-0.05, 0) is 30.2 Å². The highest BCUT2D eigenvalue weighted by Crippen LogP contribution is 2.39. The maximum Gasteiger partial charge on any atom is 0.201 e. The zero-order valence-electron chi connectivity index (χ0n) is 20.0. The first-order chi connectivity index (χ1) is 16.7. The predicted molar refractivity (Wildman–Crippen MR) is 132 cm³/mol. The Balaban J connectivity index is 1.68. The van der Waals surface area contributed by atoms with Crippen molar-refractivity contribution in [3.05, 3.63) is 52.3 Å². The van der Waals surface area contributed by atoms with Crippen LogP contribution in [-0.4, -0.2) is 62.6 Å². The largest absolute Gasteiger partial charge is 0.497 e. The number of rotatable bonds is 8. The van der Waals surface area contributed by atoms with Gasteiger partial charge >= 0.3 is 0 Å². The van der Waals surface area contributed by atoms with Gasteiger partial charge in [-0.2, -0.15) is 0 Å². The van der Waals surface area contributed by atoms with E-state index >= 15 is 0 Å². The van der Waals surface area contributed by atoms with E-state index in [-0.39, 0.29) is 5.43 Å². The van der Waals surface area contributed by atoms with E-state index in [1.165, 1.54) is 0 Å². The van der Waals surface area contributed by atoms with Gasteiger partial charge in [-0.25, -0.2) is 0 Å². The van der Waals surface area contributed by atoms with Gasteiger partial charge in [-0.1, -0.05) is 19.1 Å². The average Bonchev–Trinajstić information content (AvgIpc) is 3.36. The number of fused-ring (bicyclic) bond motifs is 3. The molecule has 34 heavy (non-hydrogen) atoms. The summed E-state index contributed by atoms with van der Waals surface area (Å²) in [4.78, 5) is 16.3. The molecule has 7 heteroatoms. The van der Waals surface area contributed by atoms with Crippen molar-refractivity contribution in [3.8, 4) is 28.4 Å². The fourth-order valence-electron chi connectivity index (χ4n) is 4.76. The summed E-state index contributed by atoms with van der Waals surface area (Å²) >= 11 is 0. The van der Waals surface area contributed by atoms with Crippen LogP contribution < -0.4 is 19.6 Å². The van der Waals surface area contributed by atoms with Gasteiger partial charge in [0, 0.05) is 49.9 Å². The average molecular weight is 465 g/mol. The molecule has 0 radical (unpaired) electrons. The molecule has 5 rings (SSSR count). The summed E-state index contributed by atoms with van der Waals surface area (Å²) in [6, 6.07) is 9.72. The lowest BCUT2D eigenvalue weighted by atomic mass is 10.0. The summed E-state index contributed by atoms with van der Waals surface area (Å²) < 4.78 is 25.2. The molecular formula is C27H32N2O5. The molecule has 7 nitrogen and oxygen atoms in total. The maximum absolute atomic E-state index is 13.9. The molecule has 2 aromatic carbocycles. The van der Waals surface area contributed by atoms with Crippen molar-refractivity contribution in [1.82, 2.24) is 9.47 Å². The minimum Gasteiger partial charge on any atom is -0.497 e. The number of hydrogen-bond donors (Lipinski definition) is 0. The standard InChI is InChI=1S/C27H32N2O5/c1-3-13-33-23-17-20-8-14-34-27(20)24-25(23)29(10-9-28-11-15-32-16-12-28)18-22(26(24)30)19-4-6-21(31-2)7-5-19/h4-7,17-18H,3,8-16H2,1-2H3. The fraction of sp³-hybridized carbons (Fsp3) is 0.444. The van der Waals surface area contributed by atoms with Crippen molar-refractivity contribution >= 4 is 10.9 Å². The third-order valence-corrected chi connectivity index (χ3v) is 6.58. The van der Waals surface area contributed by atoms with Crippen molar-refractivity contribution in [3.63, 3.8) is 0 Å². The van der Waals surface area contributed by atoms with Gasteiger partial charge in [0.15, 0.2) is 0 Å². The number of ether oxygens (including phenoxy) is 4. The van der Waals surface area contributed by atoms with Gasteiger partial charge in [-0.15, -0.1) is 0 Å². The molecular weight excluding hydrogens is 432 g/mol. The molecule has 0 bridgehead atoms. The van der Waals surface area contributed by atoms with Gasteiger partial charge in [0.2, 0.25) is 5.43 Å². The molecule has 0 saturated carbocycles. The predicted octanol–water partition coefficient (Wildman–Crippen LogP) is 3.73. The third-order valence-electron chi connectivity index (χ3n) is 6.58. The lowest BCUT2D eigenvalue weighted by Crippen LogP contribution is -2.38. The molecule has 1 fully saturated rings. The van der Waals surface area contributed by atoms with Gasteiger partial charge in [0.05, 0.1) is 44.4 Å². The summed E-state index contributed by atoms with van der Waals surface area (Å²) in [5, 5.41) is 0.622. The van der Waals surface area contributed by atoms with Crippen molar-refractivity contribution in [2.45, 2.75) is 26.3 Å². The first-order valence-electron chi connectivity index (χ1n) is 12.1. The van der Waals surface area contributed by atoms with E-state index in [9.17, 15) is 4.79 Å². The SMILES string of the molecule is CCCOc1cc2c(c3c(=O)c(-c4ccc(OC)cc4)cn(CCN4CCOCC4)c13)OCC2. The summed E-state index contributed by atoms with van der Waals surface area (Å²) in [6.45, 7) is 8.24. The zero-order chi connectivity index (χ0) is 23.5. The number of morpholine rings is 1. The Hall–Kier alpha value is -3.03. The minimum absolute atomic E-state index is 0.0251. The quantitative estimate of drug-likeness (QED) is 0.506. The maximum atomic E-state index is 13.9. The lowest BCUT2D eigenvalue weighted by Gasteiger charge is -2.27. The van der Waals surface area contributed by atoms with Crippen LogP contribution in [0, 0.1) is 0 Å². The molecule has 1 aromatic heterocycles. The normalized spacial score (nSPS) is 15.8. The summed E-state index contributed by atoms with van der Waals surface area (Å²) in [5.41, 5.74) is 3.36. The molecule has 3 aromatic rings. The number of pyridine rings is 1. The van der Waals surface area contributed by atoms with E-state index in [1.54, 1.807) is 7.11 Å². The Morgan fingerprint density at radius 3 is 2.59 bits per heavy atom. The zero-order valence-corrected chi connectivity index (χ0v) is 20.0. The van der Waals surface area contributed by atoms with Crippen LogP contribution in [0.25, 0.3) is 22.0 Å². The van der Waals surface area contributed by atoms with Crippen LogP contribution in [0.3, 0.4) is 0 Å². The molecule has 0 amide bonds. The van der Waals surface area contributed by atoms with E-state index in [4.69, 9.17) is 18.9 Å². The van der Waals surface area contributed by atoms with Gasteiger partial charge in [-0.3, -0.25) is 9.69 Å². The highest BCUT2D eigenvalue weighted by Gasteiger charge is 2.25. The van der Waals surface area contributed by atoms with Crippen LogP contribution in [-0.2, 0) is 17.7 Å². The monoisotopic (exact) mass is 464 g/mol. The number of aromatic nitrogens is 1. The number of methoxy groups -OCH3 is 1. The smallest absolute Gasteiger partial charge is 0.201 e. The van der Waals surface area contributed by atoms with E-state index in [1.807, 2.05) is 30.5 Å². The van der Waals surface area contributed by atoms with Crippen LogP contribution in [0.4, 0.5) is 0 Å². The number of benzene rings is 2. The number of nitrogens with zero attached hydrogens (tertiary/aromatic N) is 2. The Morgan fingerprint density at radius 1 is 1.06 bits per heavy atom. The Kier molecular flexibility index (Phi) is 6.74. The van der Waals surface area contributed by atoms with E-state index in [0.717, 1.165) is 80.4 Å². The van der Waals surface area contributed by atoms with Crippen molar-refractivity contribution < 1.29 is 18.9 Å². The summed E-state index contributed by atoms with van der Waals surface area (Å²) in [6.07, 6.45) is 3.66. The molecule has 3 heterocycles. The molecule has 180 valence electrons. The molecule has 0 N–H and O–H groups in total. The van der Waals surface area contributed by atoms with Crippen molar-refractivity contribution in [2.24, 2.45) is 0 Å². The van der Waals surface area contributed by atoms with Gasteiger partial charge < -0.3 is 23.5 Å². The first kappa shape index (κ1) is 22.7. The topological polar surface area (TPSA) is 62.2 Å². The molecule has 0 unspecified atom stereocenters. The second-order valence-electron chi connectivity index (χ2n) is 8.78. The van der Waals surface area contributed by atoms with E-state index in [0.29, 0.717) is 29.9 Å². The molecule has 0 atom stereocenters. The second kappa shape index (κ2) is 10.1. The second-order valence-corrected chi connectivity index (χ2v) is 8.78. The molecule has 0 aliphatic carbocycles. The summed E-state index contributed by atoms with van der Waals surface area (Å²) in [7, 11) is 1.64. The van der Waals surface area contributed by atoms with Crippen LogP contribution in [0.2, 0.25) is 0 Å².